The minimum Gasteiger partial charge on any atom is -0.374 e. The van der Waals surface area contributed by atoms with Crippen LogP contribution in [-0.2, 0) is 59.2 Å². The topological polar surface area (TPSA) is 92.7 Å². The standard InChI is InChI=1S/C34H35O8P/c35-43(36)42-34-33(40-24-29-19-11-4-12-20-29)32(39-23-28-17-9-3-10-18-28)31(38-22-27-15-7-2-8-16-27)30(41-34)25-37-21-26-13-5-1-6-14-26/h1-20,30-34H,21-25H2/p+1/t30-,31-,32+,33-,34?/m1/s1. The lowest BCUT2D eigenvalue weighted by Gasteiger charge is -2.44. The summed E-state index contributed by atoms with van der Waals surface area (Å²) in [5.41, 5.74) is 3.87. The summed E-state index contributed by atoms with van der Waals surface area (Å²) in [6.45, 7) is 1.25. The molecule has 2 unspecified atom stereocenters. The first-order chi connectivity index (χ1) is 21.2. The van der Waals surface area contributed by atoms with Gasteiger partial charge in [0.1, 0.15) is 24.4 Å². The highest BCUT2D eigenvalue weighted by atomic mass is 31.1. The molecule has 4 aromatic carbocycles. The summed E-state index contributed by atoms with van der Waals surface area (Å²) in [5.74, 6) is 0. The molecule has 8 nitrogen and oxygen atoms in total. The summed E-state index contributed by atoms with van der Waals surface area (Å²) in [7, 11) is -3.01. The van der Waals surface area contributed by atoms with Crippen LogP contribution in [0.2, 0.25) is 0 Å². The fourth-order valence-corrected chi connectivity index (χ4v) is 5.27. The molecule has 0 bridgehead atoms. The summed E-state index contributed by atoms with van der Waals surface area (Å²) in [6, 6.07) is 39.0. The molecule has 6 atom stereocenters. The number of rotatable bonds is 15. The quantitative estimate of drug-likeness (QED) is 0.157. The van der Waals surface area contributed by atoms with Gasteiger partial charge in [0.25, 0.3) is 0 Å². The molecule has 0 amide bonds. The van der Waals surface area contributed by atoms with E-state index in [2.05, 4.69) is 0 Å². The highest BCUT2D eigenvalue weighted by molar-refractivity contribution is 7.32. The molecule has 1 fully saturated rings. The van der Waals surface area contributed by atoms with Gasteiger partial charge in [-0.05, 0) is 22.3 Å². The van der Waals surface area contributed by atoms with Gasteiger partial charge in [0.05, 0.1) is 33.0 Å². The van der Waals surface area contributed by atoms with Gasteiger partial charge >= 0.3 is 8.25 Å². The lowest BCUT2D eigenvalue weighted by Crippen LogP contribution is -2.61. The first kappa shape index (κ1) is 31.1. The minimum absolute atomic E-state index is 0.132. The van der Waals surface area contributed by atoms with Gasteiger partial charge in [0.2, 0.25) is 6.29 Å². The molecule has 1 aliphatic rings. The van der Waals surface area contributed by atoms with Crippen molar-refractivity contribution in [3.05, 3.63) is 144 Å². The molecule has 0 spiro atoms. The lowest BCUT2D eigenvalue weighted by atomic mass is 9.98. The van der Waals surface area contributed by atoms with Gasteiger partial charge < -0.3 is 23.7 Å². The molecule has 1 aliphatic heterocycles. The zero-order valence-electron chi connectivity index (χ0n) is 23.7. The largest absolute Gasteiger partial charge is 0.697 e. The lowest BCUT2D eigenvalue weighted by molar-refractivity contribution is -0.310. The van der Waals surface area contributed by atoms with Gasteiger partial charge in [-0.1, -0.05) is 126 Å². The van der Waals surface area contributed by atoms with Crippen LogP contribution in [0, 0.1) is 0 Å². The van der Waals surface area contributed by atoms with Crippen molar-refractivity contribution in [3.63, 3.8) is 0 Å². The van der Waals surface area contributed by atoms with Crippen molar-refractivity contribution in [2.45, 2.75) is 57.1 Å². The molecule has 1 heterocycles. The van der Waals surface area contributed by atoms with Crippen LogP contribution in [0.5, 0.6) is 0 Å². The Labute approximate surface area is 253 Å². The molecule has 43 heavy (non-hydrogen) atoms. The van der Waals surface area contributed by atoms with E-state index in [0.29, 0.717) is 13.2 Å². The monoisotopic (exact) mass is 603 g/mol. The third-order valence-corrected chi connectivity index (χ3v) is 7.42. The predicted molar refractivity (Wildman–Crippen MR) is 161 cm³/mol. The van der Waals surface area contributed by atoms with Crippen molar-refractivity contribution >= 4 is 8.25 Å². The molecule has 0 aliphatic carbocycles. The second-order valence-corrected chi connectivity index (χ2v) is 10.9. The first-order valence-electron chi connectivity index (χ1n) is 14.2. The van der Waals surface area contributed by atoms with E-state index < -0.39 is 39.0 Å². The van der Waals surface area contributed by atoms with E-state index in [9.17, 15) is 9.46 Å². The van der Waals surface area contributed by atoms with Crippen LogP contribution in [0.4, 0.5) is 0 Å². The second kappa shape index (κ2) is 16.5. The maximum atomic E-state index is 12.0. The van der Waals surface area contributed by atoms with Crippen LogP contribution in [0.1, 0.15) is 22.3 Å². The summed E-state index contributed by atoms with van der Waals surface area (Å²) in [5, 5.41) is 0. The summed E-state index contributed by atoms with van der Waals surface area (Å²) in [4.78, 5) is 9.78. The van der Waals surface area contributed by atoms with Gasteiger partial charge in [-0.2, -0.15) is 0 Å². The third-order valence-electron chi connectivity index (χ3n) is 7.03. The van der Waals surface area contributed by atoms with Crippen molar-refractivity contribution in [2.75, 3.05) is 6.61 Å². The van der Waals surface area contributed by atoms with E-state index in [1.807, 2.05) is 121 Å². The van der Waals surface area contributed by atoms with Gasteiger partial charge in [-0.3, -0.25) is 0 Å². The zero-order valence-corrected chi connectivity index (χ0v) is 24.6. The fourth-order valence-electron chi connectivity index (χ4n) is 4.92. The van der Waals surface area contributed by atoms with Crippen molar-refractivity contribution < 1.29 is 37.7 Å². The maximum Gasteiger partial charge on any atom is 0.697 e. The maximum absolute atomic E-state index is 12.0. The molecular weight excluding hydrogens is 567 g/mol. The Bertz CT molecular complexity index is 1360. The molecule has 1 saturated heterocycles. The predicted octanol–water partition coefficient (Wildman–Crippen LogP) is 6.35. The molecule has 224 valence electrons. The van der Waals surface area contributed by atoms with Crippen LogP contribution in [-0.4, -0.2) is 42.2 Å². The van der Waals surface area contributed by atoms with Gasteiger partial charge in [0, 0.05) is 4.57 Å². The Morgan fingerprint density at radius 3 is 1.40 bits per heavy atom. The van der Waals surface area contributed by atoms with Crippen LogP contribution < -0.4 is 0 Å². The summed E-state index contributed by atoms with van der Waals surface area (Å²) >= 11 is 0. The van der Waals surface area contributed by atoms with Crippen LogP contribution in [0.3, 0.4) is 0 Å². The average molecular weight is 604 g/mol. The smallest absolute Gasteiger partial charge is 0.374 e. The molecule has 1 N–H and O–H groups in total. The molecular formula is C34H36O8P+. The van der Waals surface area contributed by atoms with Crippen LogP contribution in [0.25, 0.3) is 0 Å². The highest BCUT2D eigenvalue weighted by Crippen LogP contribution is 2.35. The normalized spacial score (nSPS) is 22.3. The highest BCUT2D eigenvalue weighted by Gasteiger charge is 2.52. The van der Waals surface area contributed by atoms with E-state index in [-0.39, 0.29) is 19.8 Å². The van der Waals surface area contributed by atoms with Gasteiger partial charge in [-0.15, -0.1) is 4.89 Å². The Morgan fingerprint density at radius 2 is 0.953 bits per heavy atom. The molecule has 4 aromatic rings. The zero-order chi connectivity index (χ0) is 29.7. The number of benzene rings is 4. The molecule has 5 rings (SSSR count). The van der Waals surface area contributed by atoms with Crippen molar-refractivity contribution in [1.29, 1.82) is 0 Å². The van der Waals surface area contributed by atoms with E-state index >= 15 is 0 Å². The van der Waals surface area contributed by atoms with E-state index in [4.69, 9.17) is 28.2 Å². The molecule has 0 radical (unpaired) electrons. The molecule has 0 saturated carbocycles. The van der Waals surface area contributed by atoms with E-state index in [1.54, 1.807) is 0 Å². The van der Waals surface area contributed by atoms with Crippen molar-refractivity contribution in [1.82, 2.24) is 0 Å². The molecule has 0 aromatic heterocycles. The minimum atomic E-state index is -3.01. The number of hydrogen-bond acceptors (Lipinski definition) is 7. The van der Waals surface area contributed by atoms with Crippen molar-refractivity contribution in [2.24, 2.45) is 0 Å². The molecule has 9 heteroatoms. The number of hydrogen-bond donors (Lipinski definition) is 1. The second-order valence-electron chi connectivity index (χ2n) is 10.2. The number of ether oxygens (including phenoxy) is 5. The Kier molecular flexibility index (Phi) is 12.0. The van der Waals surface area contributed by atoms with Gasteiger partial charge in [-0.25, -0.2) is 0 Å². The Morgan fingerprint density at radius 1 is 0.558 bits per heavy atom. The summed E-state index contributed by atoms with van der Waals surface area (Å²) < 4.78 is 49.2. The van der Waals surface area contributed by atoms with Gasteiger partial charge in [0.15, 0.2) is 0 Å². The van der Waals surface area contributed by atoms with Crippen LogP contribution >= 0.6 is 8.25 Å². The first-order valence-corrected chi connectivity index (χ1v) is 15.4. The third kappa shape index (κ3) is 9.60. The SMILES string of the molecule is O=[P+](O)OC1O[C@H](COCc2ccccc2)[C@@H](OCc2ccccc2)[C@H](OCc2ccccc2)[C@H]1OCc1ccccc1. The van der Waals surface area contributed by atoms with Crippen molar-refractivity contribution in [3.8, 4) is 0 Å². The average Bonchev–Trinajstić information content (AvgIpc) is 3.04. The summed E-state index contributed by atoms with van der Waals surface area (Å²) in [6.07, 6.45) is -4.17. The van der Waals surface area contributed by atoms with E-state index in [0.717, 1.165) is 22.3 Å². The van der Waals surface area contributed by atoms with Crippen LogP contribution in [0.15, 0.2) is 121 Å². The van der Waals surface area contributed by atoms with E-state index in [1.165, 1.54) is 0 Å². The Balaban J connectivity index is 1.42. The fraction of sp³-hybridized carbons (Fsp3) is 0.294. The Hall–Kier alpha value is -3.30.